The lowest BCUT2D eigenvalue weighted by molar-refractivity contribution is -0.170. The van der Waals surface area contributed by atoms with Crippen molar-refractivity contribution in [2.45, 2.75) is 25.2 Å². The van der Waals surface area contributed by atoms with Crippen LogP contribution in [0.3, 0.4) is 0 Å². The Hall–Kier alpha value is -3.67. The number of nitrogens with two attached hydrogens (primary N) is 1. The molecule has 172 valence electrons. The number of anilines is 2. The minimum absolute atomic E-state index is 0.00978. The predicted octanol–water partition coefficient (Wildman–Crippen LogP) is 0.987. The molecule has 1 aliphatic rings. The first-order valence-electron chi connectivity index (χ1n) is 10.2. The molecule has 4 N–H and O–H groups in total. The number of pyridine rings is 1. The Morgan fingerprint density at radius 1 is 1.33 bits per heavy atom. The van der Waals surface area contributed by atoms with Crippen LogP contribution in [0.15, 0.2) is 55.0 Å². The van der Waals surface area contributed by atoms with E-state index in [4.69, 9.17) is 10.5 Å². The molecule has 1 saturated heterocycles. The average molecular weight is 454 g/mol. The average Bonchev–Trinajstić information content (AvgIpc) is 3.31. The molecule has 0 aliphatic carbocycles. The Labute approximate surface area is 188 Å². The van der Waals surface area contributed by atoms with Crippen LogP contribution in [0.25, 0.3) is 5.69 Å². The Morgan fingerprint density at radius 3 is 2.79 bits per heavy atom. The van der Waals surface area contributed by atoms with Gasteiger partial charge >= 0.3 is 0 Å². The van der Waals surface area contributed by atoms with E-state index in [1.807, 2.05) is 0 Å². The number of carbonyl (C=O) groups is 2. The second kappa shape index (κ2) is 9.06. The van der Waals surface area contributed by atoms with Crippen molar-refractivity contribution in [3.05, 3.63) is 66.4 Å². The third-order valence-electron chi connectivity index (χ3n) is 5.48. The summed E-state index contributed by atoms with van der Waals surface area (Å²) in [7, 11) is 0. The lowest BCUT2D eigenvalue weighted by Gasteiger charge is -2.40. The van der Waals surface area contributed by atoms with Crippen molar-refractivity contribution in [1.82, 2.24) is 14.8 Å². The summed E-state index contributed by atoms with van der Waals surface area (Å²) in [4.78, 5) is 31.3. The molecule has 3 heterocycles. The number of ether oxygens (including phenoxy) is 1. The van der Waals surface area contributed by atoms with Gasteiger partial charge in [-0.3, -0.25) is 19.5 Å². The maximum atomic E-state index is 14.0. The maximum absolute atomic E-state index is 14.0. The minimum atomic E-state index is -1.86. The molecule has 3 aromatic rings. The predicted molar refractivity (Wildman–Crippen MR) is 117 cm³/mol. The monoisotopic (exact) mass is 454 g/mol. The fourth-order valence-corrected chi connectivity index (χ4v) is 3.54. The van der Waals surface area contributed by atoms with Crippen LogP contribution in [-0.2, 0) is 20.9 Å². The summed E-state index contributed by atoms with van der Waals surface area (Å²) in [5.41, 5.74) is 4.74. The molecule has 0 unspecified atom stereocenters. The molecule has 1 fully saturated rings. The van der Waals surface area contributed by atoms with E-state index in [1.54, 1.807) is 41.5 Å². The first-order valence-corrected chi connectivity index (χ1v) is 10.2. The van der Waals surface area contributed by atoms with E-state index in [0.29, 0.717) is 5.82 Å². The third-order valence-corrected chi connectivity index (χ3v) is 5.48. The van der Waals surface area contributed by atoms with Crippen LogP contribution in [0.4, 0.5) is 15.9 Å². The van der Waals surface area contributed by atoms with Crippen LogP contribution in [0, 0.1) is 5.82 Å². The molecule has 2 atom stereocenters. The van der Waals surface area contributed by atoms with Crippen molar-refractivity contribution >= 4 is 23.3 Å². The van der Waals surface area contributed by atoms with Crippen molar-refractivity contribution < 1.29 is 23.8 Å². The van der Waals surface area contributed by atoms with Crippen LogP contribution in [-0.4, -0.2) is 56.5 Å². The number of nitrogens with one attached hydrogen (secondary N) is 1. The highest BCUT2D eigenvalue weighted by Gasteiger charge is 2.51. The van der Waals surface area contributed by atoms with E-state index in [9.17, 15) is 19.1 Å². The maximum Gasteiger partial charge on any atom is 0.263 e. The highest BCUT2D eigenvalue weighted by Crippen LogP contribution is 2.28. The van der Waals surface area contributed by atoms with Gasteiger partial charge in [0.1, 0.15) is 5.82 Å². The Kier molecular flexibility index (Phi) is 6.18. The highest BCUT2D eigenvalue weighted by atomic mass is 19.1. The van der Waals surface area contributed by atoms with Gasteiger partial charge in [-0.25, -0.2) is 9.07 Å². The molecular formula is C22H23FN6O4. The first kappa shape index (κ1) is 22.5. The molecule has 4 rings (SSSR count). The van der Waals surface area contributed by atoms with Crippen LogP contribution in [0.1, 0.15) is 12.5 Å². The first-order chi connectivity index (χ1) is 15.8. The molecule has 2 amide bonds. The summed E-state index contributed by atoms with van der Waals surface area (Å²) in [6.45, 7) is 1.62. The van der Waals surface area contributed by atoms with Crippen LogP contribution in [0.2, 0.25) is 0 Å². The van der Waals surface area contributed by atoms with Crippen molar-refractivity contribution in [3.8, 4) is 5.69 Å². The molecule has 1 aromatic carbocycles. The van der Waals surface area contributed by atoms with Gasteiger partial charge in [-0.2, -0.15) is 0 Å². The molecule has 1 aliphatic heterocycles. The lowest BCUT2D eigenvalue weighted by atomic mass is 9.94. The normalized spacial score (nSPS) is 19.4. The largest absolute Gasteiger partial charge is 0.380 e. The molecule has 0 saturated carbocycles. The number of hydrogen-bond acceptors (Lipinski definition) is 7. The van der Waals surface area contributed by atoms with E-state index >= 15 is 0 Å². The third kappa shape index (κ3) is 4.33. The fraction of sp³-hybridized carbons (Fsp3) is 0.273. The smallest absolute Gasteiger partial charge is 0.263 e. The number of carbonyl (C=O) groups excluding carboxylic acids is 2. The highest BCUT2D eigenvalue weighted by molar-refractivity contribution is 6.05. The number of halogens is 1. The van der Waals surface area contributed by atoms with E-state index in [2.05, 4.69) is 15.4 Å². The van der Waals surface area contributed by atoms with Gasteiger partial charge in [-0.05, 0) is 31.2 Å². The minimum Gasteiger partial charge on any atom is -0.380 e. The molecule has 0 radical (unpaired) electrons. The van der Waals surface area contributed by atoms with Gasteiger partial charge in [0.25, 0.3) is 11.8 Å². The van der Waals surface area contributed by atoms with Gasteiger partial charge in [0.2, 0.25) is 0 Å². The summed E-state index contributed by atoms with van der Waals surface area (Å²) in [6, 6.07) is 9.16. The molecule has 33 heavy (non-hydrogen) atoms. The second-order valence-electron chi connectivity index (χ2n) is 7.64. The number of morpholine rings is 1. The number of aliphatic hydroxyl groups is 1. The summed E-state index contributed by atoms with van der Waals surface area (Å²) in [6.07, 6.45) is 3.08. The zero-order chi connectivity index (χ0) is 23.6. The number of nitrogens with zero attached hydrogens (tertiary/aromatic N) is 4. The van der Waals surface area contributed by atoms with E-state index in [0.717, 1.165) is 11.8 Å². The summed E-state index contributed by atoms with van der Waals surface area (Å²) in [5, 5.41) is 17.6. The number of aromatic nitrogens is 3. The van der Waals surface area contributed by atoms with Crippen molar-refractivity contribution in [2.24, 2.45) is 5.73 Å². The Morgan fingerprint density at radius 2 is 2.09 bits per heavy atom. The second-order valence-corrected chi connectivity index (χ2v) is 7.64. The zero-order valence-corrected chi connectivity index (χ0v) is 17.8. The molecule has 10 nitrogen and oxygen atoms in total. The fourth-order valence-electron chi connectivity index (χ4n) is 3.54. The molecular weight excluding hydrogens is 431 g/mol. The van der Waals surface area contributed by atoms with E-state index in [1.165, 1.54) is 24.0 Å². The van der Waals surface area contributed by atoms with E-state index in [-0.39, 0.29) is 30.9 Å². The molecule has 0 spiro atoms. The van der Waals surface area contributed by atoms with Gasteiger partial charge in [0.05, 0.1) is 18.8 Å². The molecule has 11 heteroatoms. The van der Waals surface area contributed by atoms with Gasteiger partial charge in [0, 0.05) is 42.5 Å². The van der Waals surface area contributed by atoms with Crippen molar-refractivity contribution in [2.75, 3.05) is 23.4 Å². The topological polar surface area (TPSA) is 136 Å². The summed E-state index contributed by atoms with van der Waals surface area (Å²) in [5.74, 6) is -1.77. The van der Waals surface area contributed by atoms with Crippen LogP contribution in [0.5, 0.6) is 0 Å². The van der Waals surface area contributed by atoms with Crippen molar-refractivity contribution in [1.29, 1.82) is 0 Å². The van der Waals surface area contributed by atoms with Gasteiger partial charge in [-0.1, -0.05) is 6.07 Å². The number of hydrogen-bond donors (Lipinski definition) is 3. The number of benzene rings is 1. The lowest BCUT2D eigenvalue weighted by Crippen LogP contribution is -2.63. The Balaban J connectivity index is 1.51. The zero-order valence-electron chi connectivity index (χ0n) is 17.8. The summed E-state index contributed by atoms with van der Waals surface area (Å²) >= 11 is 0. The standard InChI is InChI=1S/C22H23FN6O4/c1-22(19(30)20(31)26-15-3-2-14(13-24)17(23)12-15)21(32)28(10-11-33-22)18-6-9-29(27-18)16-4-7-25-8-5-16/h2-9,12,19,30H,10-11,13,24H2,1H3,(H,26,31)/t19-,22+/m0/s1. The summed E-state index contributed by atoms with van der Waals surface area (Å²) < 4.78 is 21.1. The van der Waals surface area contributed by atoms with Crippen molar-refractivity contribution in [3.63, 3.8) is 0 Å². The number of rotatable bonds is 6. The van der Waals surface area contributed by atoms with Gasteiger partial charge in [0.15, 0.2) is 17.5 Å². The van der Waals surface area contributed by atoms with Crippen LogP contribution < -0.4 is 16.0 Å². The van der Waals surface area contributed by atoms with Gasteiger partial charge < -0.3 is 20.9 Å². The molecule has 0 bridgehead atoms. The quantitative estimate of drug-likeness (QED) is 0.505. The Bertz CT molecular complexity index is 1170. The SMILES string of the molecule is C[C@]1([C@@H](O)C(=O)Nc2ccc(CN)c(F)c2)OCCN(c2ccn(-c3ccncc3)n2)C1=O. The van der Waals surface area contributed by atoms with Gasteiger partial charge in [-0.15, -0.1) is 5.10 Å². The van der Waals surface area contributed by atoms with Crippen LogP contribution >= 0.6 is 0 Å². The molecule has 2 aromatic heterocycles. The number of amides is 2. The van der Waals surface area contributed by atoms with E-state index < -0.39 is 29.3 Å². The number of aliphatic hydroxyl groups excluding tert-OH is 1.